The second kappa shape index (κ2) is 9.34. The van der Waals surface area contributed by atoms with Crippen LogP contribution in [0.4, 0.5) is 0 Å². The molecule has 28 heavy (non-hydrogen) atoms. The van der Waals surface area contributed by atoms with Crippen LogP contribution in [-0.2, 0) is 4.79 Å². The third-order valence-electron chi connectivity index (χ3n) is 5.11. The molecule has 1 heterocycles. The van der Waals surface area contributed by atoms with Gasteiger partial charge in [0.1, 0.15) is 11.6 Å². The number of nitrogens with one attached hydrogen (secondary N) is 4. The number of hydrogen-bond acceptors (Lipinski definition) is 6. The predicted molar refractivity (Wildman–Crippen MR) is 110 cm³/mol. The van der Waals surface area contributed by atoms with Gasteiger partial charge in [-0.25, -0.2) is 0 Å². The van der Waals surface area contributed by atoms with Crippen LogP contribution in [0, 0.1) is 16.7 Å². The first-order chi connectivity index (χ1) is 13.1. The average molecular weight is 392 g/mol. The lowest BCUT2D eigenvalue weighted by molar-refractivity contribution is -0.116. The van der Waals surface area contributed by atoms with E-state index in [4.69, 9.17) is 10.8 Å². The predicted octanol–water partition coefficient (Wildman–Crippen LogP) is 1.68. The van der Waals surface area contributed by atoms with Gasteiger partial charge in [-0.15, -0.1) is 0 Å². The Hall–Kier alpha value is -2.19. The van der Waals surface area contributed by atoms with Crippen LogP contribution in [-0.4, -0.2) is 64.0 Å². The maximum Gasteiger partial charge on any atom is 0.286 e. The minimum Gasteiger partial charge on any atom is -0.511 e. The molecule has 0 spiro atoms. The minimum atomic E-state index is -0.785. The van der Waals surface area contributed by atoms with Crippen molar-refractivity contribution in [3.05, 3.63) is 23.0 Å². The van der Waals surface area contributed by atoms with Gasteiger partial charge in [-0.1, -0.05) is 13.8 Å². The zero-order chi connectivity index (χ0) is 21.0. The quantitative estimate of drug-likeness (QED) is 0.320. The van der Waals surface area contributed by atoms with E-state index in [-0.39, 0.29) is 47.4 Å². The number of nitrogens with zero attached hydrogens (tertiary/aromatic N) is 1. The first kappa shape index (κ1) is 22.1. The molecule has 0 saturated carbocycles. The second-order valence-corrected chi connectivity index (χ2v) is 8.06. The molecule has 0 aromatic heterocycles. The van der Waals surface area contributed by atoms with E-state index in [0.717, 1.165) is 18.7 Å². The van der Waals surface area contributed by atoms with Crippen LogP contribution >= 0.6 is 0 Å². The molecule has 2 rings (SSSR count). The Kier molecular flexibility index (Phi) is 7.37. The van der Waals surface area contributed by atoms with Gasteiger partial charge in [0.05, 0.1) is 11.7 Å². The summed E-state index contributed by atoms with van der Waals surface area (Å²) in [6.45, 7) is 9.01. The molecule has 8 heteroatoms. The van der Waals surface area contributed by atoms with Crippen LogP contribution in [0.2, 0.25) is 0 Å². The smallest absolute Gasteiger partial charge is 0.286 e. The molecule has 8 nitrogen and oxygen atoms in total. The van der Waals surface area contributed by atoms with Gasteiger partial charge in [-0.3, -0.25) is 15.6 Å². The van der Waals surface area contributed by atoms with E-state index in [0.29, 0.717) is 12.8 Å². The molecule has 1 atom stereocenters. The number of carbonyl (C=O) groups is 1. The number of amidine groups is 2. The normalized spacial score (nSPS) is 21.0. The SMILES string of the molecule is CC(C)NC(=O)C(=N)N(C(=N)C1=C(O)CC(O)C(C(C)C)=C1)C1CCNCC1. The summed E-state index contributed by atoms with van der Waals surface area (Å²) < 4.78 is 0. The summed E-state index contributed by atoms with van der Waals surface area (Å²) in [6, 6.07) is -0.302. The molecular formula is C20H33N5O3. The summed E-state index contributed by atoms with van der Waals surface area (Å²) in [5.74, 6) is -0.933. The molecule has 1 amide bonds. The number of aliphatic hydroxyl groups is 2. The zero-order valence-corrected chi connectivity index (χ0v) is 17.2. The fraction of sp³-hybridized carbons (Fsp3) is 0.650. The van der Waals surface area contributed by atoms with Gasteiger partial charge in [-0.2, -0.15) is 0 Å². The number of carbonyl (C=O) groups excluding carboxylic acids is 1. The van der Waals surface area contributed by atoms with Crippen molar-refractivity contribution < 1.29 is 15.0 Å². The minimum absolute atomic E-state index is 0.0350. The summed E-state index contributed by atoms with van der Waals surface area (Å²) in [4.78, 5) is 13.9. The highest BCUT2D eigenvalue weighted by Crippen LogP contribution is 2.30. The van der Waals surface area contributed by atoms with E-state index in [9.17, 15) is 15.0 Å². The lowest BCUT2D eigenvalue weighted by Crippen LogP contribution is -2.54. The van der Waals surface area contributed by atoms with Gasteiger partial charge in [0.25, 0.3) is 5.91 Å². The van der Waals surface area contributed by atoms with Crippen molar-refractivity contribution in [2.75, 3.05) is 13.1 Å². The number of aliphatic hydroxyl groups excluding tert-OH is 2. The molecule has 1 aliphatic heterocycles. The molecule has 0 radical (unpaired) electrons. The van der Waals surface area contributed by atoms with E-state index >= 15 is 0 Å². The van der Waals surface area contributed by atoms with Gasteiger partial charge in [-0.05, 0) is 57.3 Å². The highest BCUT2D eigenvalue weighted by Gasteiger charge is 2.34. The van der Waals surface area contributed by atoms with E-state index < -0.39 is 12.0 Å². The Bertz CT molecular complexity index is 690. The molecule has 1 aliphatic carbocycles. The first-order valence-electron chi connectivity index (χ1n) is 9.93. The topological polar surface area (TPSA) is 133 Å². The van der Waals surface area contributed by atoms with Gasteiger partial charge in [0.15, 0.2) is 5.84 Å². The van der Waals surface area contributed by atoms with Gasteiger partial charge in [0.2, 0.25) is 0 Å². The number of piperidine rings is 1. The Labute approximate surface area is 166 Å². The highest BCUT2D eigenvalue weighted by molar-refractivity contribution is 6.40. The monoisotopic (exact) mass is 391 g/mol. The summed E-state index contributed by atoms with van der Waals surface area (Å²) >= 11 is 0. The van der Waals surface area contributed by atoms with Crippen molar-refractivity contribution in [3.8, 4) is 0 Å². The van der Waals surface area contributed by atoms with Crippen LogP contribution in [0.5, 0.6) is 0 Å². The average Bonchev–Trinajstić information content (AvgIpc) is 2.61. The van der Waals surface area contributed by atoms with Crippen LogP contribution in [0.3, 0.4) is 0 Å². The highest BCUT2D eigenvalue weighted by atomic mass is 16.3. The van der Waals surface area contributed by atoms with Crippen LogP contribution in [0.1, 0.15) is 47.0 Å². The maximum atomic E-state index is 12.5. The van der Waals surface area contributed by atoms with Crippen LogP contribution in [0.15, 0.2) is 23.0 Å². The first-order valence-corrected chi connectivity index (χ1v) is 9.93. The van der Waals surface area contributed by atoms with Gasteiger partial charge in [0, 0.05) is 18.5 Å². The molecule has 1 fully saturated rings. The van der Waals surface area contributed by atoms with Crippen LogP contribution in [0.25, 0.3) is 0 Å². The van der Waals surface area contributed by atoms with E-state index in [1.165, 1.54) is 4.90 Å². The van der Waals surface area contributed by atoms with Gasteiger partial charge < -0.3 is 25.7 Å². The fourth-order valence-corrected chi connectivity index (χ4v) is 3.63. The molecule has 6 N–H and O–H groups in total. The third-order valence-corrected chi connectivity index (χ3v) is 5.11. The molecular weight excluding hydrogens is 358 g/mol. The second-order valence-electron chi connectivity index (χ2n) is 8.06. The van der Waals surface area contributed by atoms with Crippen molar-refractivity contribution in [1.29, 1.82) is 10.8 Å². The van der Waals surface area contributed by atoms with E-state index in [1.807, 2.05) is 27.7 Å². The standard InChI is InChI=1S/C20H33N5O3/c1-11(2)14-9-15(17(27)10-16(14)26)18(21)25(13-5-7-23-8-6-13)19(22)20(28)24-12(3)4/h9,11-13,16,21-23,26-27H,5-8,10H2,1-4H3,(H,24,28). The Morgan fingerprint density at radius 3 is 2.39 bits per heavy atom. The molecule has 2 aliphatic rings. The van der Waals surface area contributed by atoms with E-state index in [1.54, 1.807) is 6.08 Å². The number of amides is 1. The van der Waals surface area contributed by atoms with Crippen molar-refractivity contribution in [3.63, 3.8) is 0 Å². The van der Waals surface area contributed by atoms with Crippen LogP contribution < -0.4 is 10.6 Å². The molecule has 0 bridgehead atoms. The lowest BCUT2D eigenvalue weighted by atomic mass is 9.87. The summed E-state index contributed by atoms with van der Waals surface area (Å²) in [6.07, 6.45) is 2.27. The summed E-state index contributed by atoms with van der Waals surface area (Å²) in [7, 11) is 0. The Morgan fingerprint density at radius 1 is 1.25 bits per heavy atom. The van der Waals surface area contributed by atoms with Crippen molar-refractivity contribution >= 4 is 17.6 Å². The van der Waals surface area contributed by atoms with Crippen molar-refractivity contribution in [1.82, 2.24) is 15.5 Å². The maximum absolute atomic E-state index is 12.5. The summed E-state index contributed by atoms with van der Waals surface area (Å²) in [5.41, 5.74) is 1.01. The molecule has 0 aromatic carbocycles. The molecule has 156 valence electrons. The zero-order valence-electron chi connectivity index (χ0n) is 17.2. The number of hydrogen-bond donors (Lipinski definition) is 6. The molecule has 1 unspecified atom stereocenters. The van der Waals surface area contributed by atoms with Crippen molar-refractivity contribution in [2.45, 2.75) is 65.1 Å². The van der Waals surface area contributed by atoms with Gasteiger partial charge >= 0.3 is 0 Å². The van der Waals surface area contributed by atoms with E-state index in [2.05, 4.69) is 10.6 Å². The summed E-state index contributed by atoms with van der Waals surface area (Å²) in [5, 5.41) is 43.8. The Morgan fingerprint density at radius 2 is 1.86 bits per heavy atom. The fourth-order valence-electron chi connectivity index (χ4n) is 3.63. The van der Waals surface area contributed by atoms with Crippen molar-refractivity contribution in [2.24, 2.45) is 5.92 Å². The third kappa shape index (κ3) is 4.99. The largest absolute Gasteiger partial charge is 0.511 e. The number of rotatable bonds is 4. The molecule has 1 saturated heterocycles. The molecule has 0 aromatic rings. The lowest BCUT2D eigenvalue weighted by Gasteiger charge is -2.37. The Balaban J connectivity index is 2.39.